The maximum Gasteiger partial charge on any atom is 0.316 e. The molecule has 0 saturated heterocycles. The summed E-state index contributed by atoms with van der Waals surface area (Å²) in [6.07, 6.45) is 0. The topological polar surface area (TPSA) is 46.5 Å². The van der Waals surface area contributed by atoms with E-state index in [1.54, 1.807) is 14.0 Å². The van der Waals surface area contributed by atoms with E-state index in [0.717, 1.165) is 21.8 Å². The van der Waals surface area contributed by atoms with Crippen molar-refractivity contribution in [2.24, 2.45) is 0 Å². The molecule has 1 rings (SSSR count). The van der Waals surface area contributed by atoms with E-state index in [2.05, 4.69) is 0 Å². The summed E-state index contributed by atoms with van der Waals surface area (Å²) in [5.41, 5.74) is 2.14. The van der Waals surface area contributed by atoms with Crippen LogP contribution in [0.1, 0.15) is 18.1 Å². The first-order valence-corrected chi connectivity index (χ1v) is 5.89. The third-order valence-electron chi connectivity index (χ3n) is 2.56. The Morgan fingerprint density at radius 3 is 2.50 bits per heavy atom. The summed E-state index contributed by atoms with van der Waals surface area (Å²) >= 11 is 1.36. The quantitative estimate of drug-likeness (QED) is 0.822. The lowest BCUT2D eigenvalue weighted by molar-refractivity contribution is -0.136. The van der Waals surface area contributed by atoms with E-state index in [4.69, 9.17) is 9.84 Å². The van der Waals surface area contributed by atoms with Crippen LogP contribution in [0.25, 0.3) is 0 Å². The molecule has 0 radical (unpaired) electrons. The fourth-order valence-corrected chi connectivity index (χ4v) is 2.32. The predicted octanol–water partition coefficient (Wildman–Crippen LogP) is 2.88. The first-order valence-electron chi connectivity index (χ1n) is 5.01. The Labute approximate surface area is 99.8 Å². The summed E-state index contributed by atoms with van der Waals surface area (Å²) in [6.45, 7) is 5.64. The molecular weight excluding hydrogens is 224 g/mol. The summed E-state index contributed by atoms with van der Waals surface area (Å²) in [5, 5.41) is 8.42. The van der Waals surface area contributed by atoms with Crippen molar-refractivity contribution in [1.29, 1.82) is 0 Å². The van der Waals surface area contributed by atoms with Crippen molar-refractivity contribution < 1.29 is 14.6 Å². The summed E-state index contributed by atoms with van der Waals surface area (Å²) < 4.78 is 5.21. The molecular formula is C12H16O3S. The largest absolute Gasteiger partial charge is 0.496 e. The molecule has 1 aromatic rings. The van der Waals surface area contributed by atoms with Crippen LogP contribution in [0.2, 0.25) is 0 Å². The summed E-state index contributed by atoms with van der Waals surface area (Å²) in [7, 11) is 1.63. The van der Waals surface area contributed by atoms with Gasteiger partial charge < -0.3 is 9.84 Å². The molecule has 1 aromatic carbocycles. The Kier molecular flexibility index (Phi) is 4.24. The van der Waals surface area contributed by atoms with Crippen molar-refractivity contribution in [1.82, 2.24) is 0 Å². The molecule has 4 heteroatoms. The van der Waals surface area contributed by atoms with E-state index in [0.29, 0.717) is 0 Å². The normalized spacial score (nSPS) is 12.2. The van der Waals surface area contributed by atoms with Crippen LogP contribution in [0.4, 0.5) is 0 Å². The second-order valence-electron chi connectivity index (χ2n) is 3.61. The Balaban J connectivity index is 2.99. The van der Waals surface area contributed by atoms with Gasteiger partial charge in [-0.3, -0.25) is 4.79 Å². The van der Waals surface area contributed by atoms with E-state index < -0.39 is 11.2 Å². The zero-order chi connectivity index (χ0) is 12.3. The van der Waals surface area contributed by atoms with Gasteiger partial charge in [0, 0.05) is 4.90 Å². The molecule has 0 heterocycles. The van der Waals surface area contributed by atoms with Gasteiger partial charge in [0.05, 0.1) is 7.11 Å². The monoisotopic (exact) mass is 240 g/mol. The third kappa shape index (κ3) is 2.70. The van der Waals surface area contributed by atoms with Crippen LogP contribution in [0.15, 0.2) is 17.0 Å². The Hall–Kier alpha value is -1.16. The maximum atomic E-state index is 10.8. The van der Waals surface area contributed by atoms with E-state index in [9.17, 15) is 4.79 Å². The number of hydrogen-bond donors (Lipinski definition) is 1. The van der Waals surface area contributed by atoms with E-state index in [1.807, 2.05) is 26.0 Å². The van der Waals surface area contributed by atoms with Gasteiger partial charge in [-0.05, 0) is 44.0 Å². The zero-order valence-electron chi connectivity index (χ0n) is 9.90. The van der Waals surface area contributed by atoms with Crippen molar-refractivity contribution in [2.45, 2.75) is 30.9 Å². The molecule has 0 aromatic heterocycles. The number of ether oxygens (including phenoxy) is 1. The van der Waals surface area contributed by atoms with Crippen LogP contribution < -0.4 is 4.74 Å². The highest BCUT2D eigenvalue weighted by Crippen LogP contribution is 2.32. The van der Waals surface area contributed by atoms with Gasteiger partial charge in [0.1, 0.15) is 11.0 Å². The molecule has 0 spiro atoms. The van der Waals surface area contributed by atoms with Crippen molar-refractivity contribution >= 4 is 17.7 Å². The molecule has 0 fully saturated rings. The van der Waals surface area contributed by atoms with Gasteiger partial charge in [-0.15, -0.1) is 11.8 Å². The SMILES string of the molecule is COc1ccc(SC(C)C(=O)O)c(C)c1C. The molecule has 1 atom stereocenters. The van der Waals surface area contributed by atoms with E-state index in [-0.39, 0.29) is 0 Å². The molecule has 0 bridgehead atoms. The number of rotatable bonds is 4. The maximum absolute atomic E-state index is 10.8. The average Bonchev–Trinajstić information content (AvgIpc) is 2.25. The highest BCUT2D eigenvalue weighted by molar-refractivity contribution is 8.00. The third-order valence-corrected chi connectivity index (χ3v) is 3.81. The Morgan fingerprint density at radius 1 is 1.38 bits per heavy atom. The smallest absolute Gasteiger partial charge is 0.316 e. The fourth-order valence-electron chi connectivity index (χ4n) is 1.36. The molecule has 0 saturated carbocycles. The van der Waals surface area contributed by atoms with Crippen LogP contribution in [-0.4, -0.2) is 23.4 Å². The number of thioether (sulfide) groups is 1. The van der Waals surface area contributed by atoms with Crippen LogP contribution in [0.5, 0.6) is 5.75 Å². The molecule has 88 valence electrons. The van der Waals surface area contributed by atoms with Gasteiger partial charge in [-0.2, -0.15) is 0 Å². The molecule has 1 N–H and O–H groups in total. The summed E-state index contributed by atoms with van der Waals surface area (Å²) in [5.74, 6) is 0.0442. The van der Waals surface area contributed by atoms with Crippen LogP contribution in [0, 0.1) is 13.8 Å². The number of methoxy groups -OCH3 is 1. The summed E-state index contributed by atoms with van der Waals surface area (Å²) in [6, 6.07) is 3.78. The summed E-state index contributed by atoms with van der Waals surface area (Å²) in [4.78, 5) is 11.8. The van der Waals surface area contributed by atoms with Crippen molar-refractivity contribution in [3.05, 3.63) is 23.3 Å². The van der Waals surface area contributed by atoms with E-state index in [1.165, 1.54) is 11.8 Å². The second-order valence-corrected chi connectivity index (χ2v) is 5.00. The lowest BCUT2D eigenvalue weighted by Crippen LogP contribution is -2.11. The lowest BCUT2D eigenvalue weighted by Gasteiger charge is -2.13. The molecule has 0 aliphatic rings. The number of aliphatic carboxylic acids is 1. The van der Waals surface area contributed by atoms with Gasteiger partial charge in [0.25, 0.3) is 0 Å². The van der Waals surface area contributed by atoms with Gasteiger partial charge >= 0.3 is 5.97 Å². The van der Waals surface area contributed by atoms with Crippen molar-refractivity contribution in [3.8, 4) is 5.75 Å². The number of carbonyl (C=O) groups is 1. The first kappa shape index (κ1) is 12.9. The van der Waals surface area contributed by atoms with Crippen molar-refractivity contribution in [3.63, 3.8) is 0 Å². The molecule has 0 aliphatic heterocycles. The molecule has 16 heavy (non-hydrogen) atoms. The highest BCUT2D eigenvalue weighted by Gasteiger charge is 2.15. The van der Waals surface area contributed by atoms with Crippen molar-refractivity contribution in [2.75, 3.05) is 7.11 Å². The average molecular weight is 240 g/mol. The van der Waals surface area contributed by atoms with Crippen LogP contribution >= 0.6 is 11.8 Å². The number of hydrogen-bond acceptors (Lipinski definition) is 3. The minimum atomic E-state index is -0.794. The first-order chi connectivity index (χ1) is 7.47. The second kappa shape index (κ2) is 5.25. The standard InChI is InChI=1S/C12H16O3S/c1-7-8(2)11(6-5-10(7)15-4)16-9(3)12(13)14/h5-6,9H,1-4H3,(H,13,14). The van der Waals surface area contributed by atoms with Gasteiger partial charge in [0.2, 0.25) is 0 Å². The highest BCUT2D eigenvalue weighted by atomic mass is 32.2. The molecule has 0 aliphatic carbocycles. The van der Waals surface area contributed by atoms with Gasteiger partial charge in [-0.1, -0.05) is 0 Å². The predicted molar refractivity (Wildman–Crippen MR) is 65.4 cm³/mol. The molecule has 3 nitrogen and oxygen atoms in total. The number of carboxylic acids is 1. The minimum Gasteiger partial charge on any atom is -0.496 e. The Bertz CT molecular complexity index is 401. The minimum absolute atomic E-state index is 0.438. The van der Waals surface area contributed by atoms with Gasteiger partial charge in [0.15, 0.2) is 0 Å². The molecule has 0 amide bonds. The molecule has 1 unspecified atom stereocenters. The Morgan fingerprint density at radius 2 is 2.00 bits per heavy atom. The zero-order valence-corrected chi connectivity index (χ0v) is 10.7. The van der Waals surface area contributed by atoms with Crippen LogP contribution in [0.3, 0.4) is 0 Å². The number of benzene rings is 1. The fraction of sp³-hybridized carbons (Fsp3) is 0.417. The van der Waals surface area contributed by atoms with Gasteiger partial charge in [-0.25, -0.2) is 0 Å². The van der Waals surface area contributed by atoms with E-state index >= 15 is 0 Å². The lowest BCUT2D eigenvalue weighted by atomic mass is 10.1. The number of carboxylic acid groups (broad SMARTS) is 1. The van der Waals surface area contributed by atoms with Crippen LogP contribution in [-0.2, 0) is 4.79 Å².